The van der Waals surface area contributed by atoms with E-state index in [9.17, 15) is 0 Å². The molecule has 81 valence electrons. The van der Waals surface area contributed by atoms with Gasteiger partial charge < -0.3 is 10.0 Å². The maximum Gasteiger partial charge on any atom is 0.482 e. The van der Waals surface area contributed by atoms with Crippen molar-refractivity contribution >= 4 is 7.69 Å². The molecule has 2 aromatic rings. The van der Waals surface area contributed by atoms with Gasteiger partial charge in [0, 0.05) is 0 Å². The van der Waals surface area contributed by atoms with Crippen LogP contribution in [0.3, 0.4) is 0 Å². The Bertz CT molecular complexity index is 415. The summed E-state index contributed by atoms with van der Waals surface area (Å²) in [5.74, 6) is 0. The number of aryl methyl sites for hydroxylation is 1. The standard InChI is InChI=1S/C13H12.BH2O2/c1-11-6-5-9-13(10-11)12-7-3-2-4-8-12;2-1-3/h2-10H,1H3;2-3H. The van der Waals surface area contributed by atoms with Crippen molar-refractivity contribution in [1.29, 1.82) is 0 Å². The Morgan fingerprint density at radius 2 is 1.38 bits per heavy atom. The number of hydrogen-bond donors (Lipinski definition) is 2. The summed E-state index contributed by atoms with van der Waals surface area (Å²) in [5, 5.41) is 14.0. The number of rotatable bonds is 1. The highest BCUT2D eigenvalue weighted by Gasteiger charge is 1.94. The van der Waals surface area contributed by atoms with Crippen molar-refractivity contribution in [1.82, 2.24) is 0 Å². The molecule has 0 saturated carbocycles. The third-order valence-corrected chi connectivity index (χ3v) is 2.13. The Morgan fingerprint density at radius 1 is 0.812 bits per heavy atom. The molecular weight excluding hydrogens is 199 g/mol. The van der Waals surface area contributed by atoms with E-state index in [2.05, 4.69) is 55.5 Å². The third-order valence-electron chi connectivity index (χ3n) is 2.13. The number of benzene rings is 2. The van der Waals surface area contributed by atoms with Crippen LogP contribution in [0.5, 0.6) is 0 Å². The molecule has 1 radical (unpaired) electrons. The largest absolute Gasteiger partial charge is 0.482 e. The lowest BCUT2D eigenvalue weighted by Crippen LogP contribution is -1.77. The maximum atomic E-state index is 7.00. The summed E-state index contributed by atoms with van der Waals surface area (Å²) in [5.41, 5.74) is 3.88. The molecular formula is C13H14BO2. The van der Waals surface area contributed by atoms with E-state index >= 15 is 0 Å². The first kappa shape index (κ1) is 12.5. The van der Waals surface area contributed by atoms with Gasteiger partial charge in [-0.05, 0) is 18.1 Å². The van der Waals surface area contributed by atoms with E-state index < -0.39 is 0 Å². The van der Waals surface area contributed by atoms with Crippen molar-refractivity contribution in [2.24, 2.45) is 0 Å². The van der Waals surface area contributed by atoms with E-state index in [1.165, 1.54) is 16.7 Å². The quantitative estimate of drug-likeness (QED) is 0.712. The van der Waals surface area contributed by atoms with Crippen LogP contribution in [0.2, 0.25) is 0 Å². The fourth-order valence-electron chi connectivity index (χ4n) is 1.46. The van der Waals surface area contributed by atoms with Crippen LogP contribution in [0.25, 0.3) is 11.1 Å². The summed E-state index contributed by atoms with van der Waals surface area (Å²) in [6.07, 6.45) is 0. The van der Waals surface area contributed by atoms with Gasteiger partial charge in [-0.25, -0.2) is 0 Å². The fraction of sp³-hybridized carbons (Fsp3) is 0.0769. The lowest BCUT2D eigenvalue weighted by molar-refractivity contribution is 0.448. The highest BCUT2D eigenvalue weighted by atomic mass is 16.4. The summed E-state index contributed by atoms with van der Waals surface area (Å²) in [7, 11) is 0. The molecule has 0 amide bonds. The summed E-state index contributed by atoms with van der Waals surface area (Å²) in [4.78, 5) is 0. The predicted octanol–water partition coefficient (Wildman–Crippen LogP) is 2.17. The van der Waals surface area contributed by atoms with Crippen LogP contribution in [0.1, 0.15) is 5.56 Å². The number of hydrogen-bond acceptors (Lipinski definition) is 2. The Labute approximate surface area is 96.5 Å². The molecule has 0 aromatic heterocycles. The second-order valence-corrected chi connectivity index (χ2v) is 3.35. The van der Waals surface area contributed by atoms with Gasteiger partial charge in [-0.3, -0.25) is 0 Å². The van der Waals surface area contributed by atoms with Gasteiger partial charge in [-0.15, -0.1) is 0 Å². The van der Waals surface area contributed by atoms with E-state index in [1.807, 2.05) is 6.07 Å². The second kappa shape index (κ2) is 6.83. The van der Waals surface area contributed by atoms with Crippen LogP contribution in [0.15, 0.2) is 54.6 Å². The topological polar surface area (TPSA) is 40.5 Å². The zero-order valence-corrected chi connectivity index (χ0v) is 9.17. The first-order chi connectivity index (χ1) is 7.77. The van der Waals surface area contributed by atoms with E-state index in [-0.39, 0.29) is 7.69 Å². The first-order valence-electron chi connectivity index (χ1n) is 5.00. The highest BCUT2D eigenvalue weighted by Crippen LogP contribution is 2.19. The normalized spacial score (nSPS) is 8.94. The lowest BCUT2D eigenvalue weighted by Gasteiger charge is -2.01. The van der Waals surface area contributed by atoms with Crippen LogP contribution in [-0.4, -0.2) is 17.7 Å². The minimum absolute atomic E-state index is 0. The van der Waals surface area contributed by atoms with Gasteiger partial charge in [0.1, 0.15) is 0 Å². The minimum atomic E-state index is 0. The van der Waals surface area contributed by atoms with Gasteiger partial charge in [0.05, 0.1) is 0 Å². The van der Waals surface area contributed by atoms with Gasteiger partial charge in [-0.2, -0.15) is 0 Å². The van der Waals surface area contributed by atoms with Gasteiger partial charge in [-0.1, -0.05) is 60.2 Å². The smallest absolute Gasteiger partial charge is 0.429 e. The van der Waals surface area contributed by atoms with Gasteiger partial charge in [0.25, 0.3) is 0 Å². The third kappa shape index (κ3) is 3.89. The molecule has 0 saturated heterocycles. The predicted molar refractivity (Wildman–Crippen MR) is 66.8 cm³/mol. The maximum absolute atomic E-state index is 7.00. The van der Waals surface area contributed by atoms with Gasteiger partial charge in [0.2, 0.25) is 0 Å². The van der Waals surface area contributed by atoms with Crippen LogP contribution in [-0.2, 0) is 0 Å². The van der Waals surface area contributed by atoms with Crippen molar-refractivity contribution in [2.75, 3.05) is 0 Å². The Balaban J connectivity index is 0.000000386. The Morgan fingerprint density at radius 3 is 1.94 bits per heavy atom. The Kier molecular flexibility index (Phi) is 5.33. The molecule has 0 aliphatic heterocycles. The summed E-state index contributed by atoms with van der Waals surface area (Å²) >= 11 is 0. The van der Waals surface area contributed by atoms with E-state index in [0.29, 0.717) is 0 Å². The van der Waals surface area contributed by atoms with Crippen LogP contribution < -0.4 is 0 Å². The molecule has 0 spiro atoms. The van der Waals surface area contributed by atoms with Crippen molar-refractivity contribution in [2.45, 2.75) is 6.92 Å². The molecule has 2 rings (SSSR count). The van der Waals surface area contributed by atoms with Crippen LogP contribution >= 0.6 is 0 Å². The fourth-order valence-corrected chi connectivity index (χ4v) is 1.46. The molecule has 16 heavy (non-hydrogen) atoms. The van der Waals surface area contributed by atoms with Crippen molar-refractivity contribution in [3.05, 3.63) is 60.2 Å². The van der Waals surface area contributed by atoms with Crippen molar-refractivity contribution < 1.29 is 10.0 Å². The van der Waals surface area contributed by atoms with Gasteiger partial charge >= 0.3 is 7.69 Å². The molecule has 0 bridgehead atoms. The summed E-state index contributed by atoms with van der Waals surface area (Å²) < 4.78 is 0. The second-order valence-electron chi connectivity index (χ2n) is 3.35. The molecule has 0 fully saturated rings. The lowest BCUT2D eigenvalue weighted by atomic mass is 10.0. The van der Waals surface area contributed by atoms with E-state index in [4.69, 9.17) is 10.0 Å². The molecule has 0 atom stereocenters. The molecule has 0 aliphatic carbocycles. The Hall–Kier alpha value is -1.58. The SMILES string of the molecule is Cc1cccc(-c2ccccc2)c1.O[B]O. The van der Waals surface area contributed by atoms with Crippen LogP contribution in [0.4, 0.5) is 0 Å². The molecule has 0 unspecified atom stereocenters. The average molecular weight is 213 g/mol. The zero-order chi connectivity index (χ0) is 11.8. The summed E-state index contributed by atoms with van der Waals surface area (Å²) in [6.45, 7) is 2.12. The molecule has 2 N–H and O–H groups in total. The first-order valence-corrected chi connectivity index (χ1v) is 5.00. The van der Waals surface area contributed by atoms with Crippen LogP contribution in [0, 0.1) is 6.92 Å². The monoisotopic (exact) mass is 213 g/mol. The zero-order valence-electron chi connectivity index (χ0n) is 9.17. The highest BCUT2D eigenvalue weighted by molar-refractivity contribution is 6.13. The summed E-state index contributed by atoms with van der Waals surface area (Å²) in [6, 6.07) is 19.0. The van der Waals surface area contributed by atoms with E-state index in [0.717, 1.165) is 0 Å². The molecule has 0 aliphatic rings. The van der Waals surface area contributed by atoms with Crippen molar-refractivity contribution in [3.8, 4) is 11.1 Å². The molecule has 3 heteroatoms. The average Bonchev–Trinajstić information content (AvgIpc) is 2.31. The molecule has 2 aromatic carbocycles. The van der Waals surface area contributed by atoms with Crippen molar-refractivity contribution in [3.63, 3.8) is 0 Å². The molecule has 0 heterocycles. The van der Waals surface area contributed by atoms with Gasteiger partial charge in [0.15, 0.2) is 0 Å². The minimum Gasteiger partial charge on any atom is -0.429 e. The molecule has 2 nitrogen and oxygen atoms in total. The van der Waals surface area contributed by atoms with E-state index in [1.54, 1.807) is 0 Å².